The van der Waals surface area contributed by atoms with Crippen molar-refractivity contribution in [3.8, 4) is 0 Å². The van der Waals surface area contributed by atoms with Gasteiger partial charge in [-0.3, -0.25) is 4.79 Å². The van der Waals surface area contributed by atoms with Crippen molar-refractivity contribution in [1.82, 2.24) is 10.2 Å². The summed E-state index contributed by atoms with van der Waals surface area (Å²) in [4.78, 5) is 14.5. The zero-order valence-electron chi connectivity index (χ0n) is 12.5. The van der Waals surface area contributed by atoms with E-state index in [1.165, 1.54) is 11.1 Å². The molecule has 4 heteroatoms. The Hall–Kier alpha value is -1.06. The highest BCUT2D eigenvalue weighted by molar-refractivity contribution is 5.85. The lowest BCUT2D eigenvalue weighted by molar-refractivity contribution is -0.132. The molecule has 1 atom stereocenters. The number of amides is 1. The number of nitrogens with zero attached hydrogens (tertiary/aromatic N) is 1. The fourth-order valence-electron chi connectivity index (χ4n) is 3.42. The smallest absolute Gasteiger partial charge is 0.222 e. The van der Waals surface area contributed by atoms with Gasteiger partial charge in [-0.2, -0.15) is 0 Å². The van der Waals surface area contributed by atoms with Crippen LogP contribution >= 0.6 is 12.4 Å². The largest absolute Gasteiger partial charge is 0.341 e. The van der Waals surface area contributed by atoms with Gasteiger partial charge in [0.25, 0.3) is 0 Å². The van der Waals surface area contributed by atoms with Crippen molar-refractivity contribution in [3.05, 3.63) is 35.4 Å². The molecule has 3 nitrogen and oxygen atoms in total. The van der Waals surface area contributed by atoms with E-state index in [4.69, 9.17) is 0 Å². The highest BCUT2D eigenvalue weighted by atomic mass is 35.5. The molecule has 21 heavy (non-hydrogen) atoms. The summed E-state index contributed by atoms with van der Waals surface area (Å²) in [6, 6.07) is 8.69. The maximum absolute atomic E-state index is 12.4. The van der Waals surface area contributed by atoms with Crippen LogP contribution in [-0.2, 0) is 17.6 Å². The Morgan fingerprint density at radius 3 is 2.86 bits per heavy atom. The van der Waals surface area contributed by atoms with E-state index >= 15 is 0 Å². The van der Waals surface area contributed by atoms with E-state index in [0.29, 0.717) is 11.8 Å². The topological polar surface area (TPSA) is 32.3 Å². The van der Waals surface area contributed by atoms with Crippen molar-refractivity contribution in [1.29, 1.82) is 0 Å². The van der Waals surface area contributed by atoms with Crippen LogP contribution in [0.5, 0.6) is 0 Å². The number of hydrogen-bond donors (Lipinski definition) is 1. The van der Waals surface area contributed by atoms with E-state index in [0.717, 1.165) is 58.3 Å². The summed E-state index contributed by atoms with van der Waals surface area (Å²) >= 11 is 0. The van der Waals surface area contributed by atoms with Crippen LogP contribution in [-0.4, -0.2) is 37.0 Å². The normalized spacial score (nSPS) is 21.9. The average molecular weight is 309 g/mol. The van der Waals surface area contributed by atoms with Crippen molar-refractivity contribution >= 4 is 18.3 Å². The number of fused-ring (bicyclic) bond motifs is 1. The molecular weight excluding hydrogens is 284 g/mol. The molecule has 1 unspecified atom stereocenters. The third-order valence-corrected chi connectivity index (χ3v) is 4.60. The van der Waals surface area contributed by atoms with Crippen molar-refractivity contribution < 1.29 is 4.79 Å². The SMILES string of the molecule is Cl.O=C(CC1CCc2ccccc2C1)N1CCCNCC1. The number of carbonyl (C=O) groups excluding carboxylic acids is 1. The number of nitrogens with one attached hydrogen (secondary N) is 1. The number of carbonyl (C=O) groups is 1. The van der Waals surface area contributed by atoms with Crippen LogP contribution in [0.1, 0.15) is 30.4 Å². The molecule has 116 valence electrons. The van der Waals surface area contributed by atoms with Gasteiger partial charge >= 0.3 is 0 Å². The van der Waals surface area contributed by atoms with Crippen molar-refractivity contribution in [2.24, 2.45) is 5.92 Å². The predicted molar refractivity (Wildman–Crippen MR) is 87.9 cm³/mol. The number of hydrogen-bond acceptors (Lipinski definition) is 2. The minimum atomic E-state index is 0. The molecule has 0 spiro atoms. The predicted octanol–water partition coefficient (Wildman–Crippen LogP) is 2.43. The van der Waals surface area contributed by atoms with Crippen molar-refractivity contribution in [2.45, 2.75) is 32.1 Å². The van der Waals surface area contributed by atoms with Gasteiger partial charge < -0.3 is 10.2 Å². The summed E-state index contributed by atoms with van der Waals surface area (Å²) in [6.07, 6.45) is 5.19. The minimum absolute atomic E-state index is 0. The Morgan fingerprint density at radius 2 is 2.00 bits per heavy atom. The summed E-state index contributed by atoms with van der Waals surface area (Å²) in [5.41, 5.74) is 2.93. The molecular formula is C17H25ClN2O. The molecule has 0 radical (unpaired) electrons. The van der Waals surface area contributed by atoms with E-state index in [1.54, 1.807) is 0 Å². The average Bonchev–Trinajstić information content (AvgIpc) is 2.76. The lowest BCUT2D eigenvalue weighted by Gasteiger charge is -2.27. The molecule has 0 bridgehead atoms. The monoisotopic (exact) mass is 308 g/mol. The minimum Gasteiger partial charge on any atom is -0.341 e. The molecule has 1 aliphatic heterocycles. The molecule has 1 amide bonds. The Bertz CT molecular complexity index is 470. The van der Waals surface area contributed by atoms with E-state index in [2.05, 4.69) is 34.5 Å². The van der Waals surface area contributed by atoms with E-state index in [9.17, 15) is 4.79 Å². The lowest BCUT2D eigenvalue weighted by atomic mass is 9.82. The quantitative estimate of drug-likeness (QED) is 0.910. The molecule has 1 N–H and O–H groups in total. The number of aryl methyl sites for hydroxylation is 1. The van der Waals surface area contributed by atoms with Crippen molar-refractivity contribution in [2.75, 3.05) is 26.2 Å². The van der Waals surface area contributed by atoms with Gasteiger partial charge in [-0.1, -0.05) is 24.3 Å². The molecule has 3 rings (SSSR count). The van der Waals surface area contributed by atoms with E-state index < -0.39 is 0 Å². The molecule has 1 saturated heterocycles. The summed E-state index contributed by atoms with van der Waals surface area (Å²) in [7, 11) is 0. The Balaban J connectivity index is 0.00000161. The Morgan fingerprint density at radius 1 is 1.19 bits per heavy atom. The second kappa shape index (κ2) is 7.81. The highest BCUT2D eigenvalue weighted by Gasteiger charge is 2.23. The van der Waals surface area contributed by atoms with Gasteiger partial charge in [0.15, 0.2) is 0 Å². The van der Waals surface area contributed by atoms with E-state index in [-0.39, 0.29) is 12.4 Å². The van der Waals surface area contributed by atoms with Crippen LogP contribution in [0.2, 0.25) is 0 Å². The Kier molecular flexibility index (Phi) is 6.07. The second-order valence-corrected chi connectivity index (χ2v) is 6.07. The molecule has 0 aromatic heterocycles. The van der Waals surface area contributed by atoms with Gasteiger partial charge in [-0.25, -0.2) is 0 Å². The van der Waals surface area contributed by atoms with Crippen LogP contribution in [0.15, 0.2) is 24.3 Å². The van der Waals surface area contributed by atoms with Gasteiger partial charge in [0.2, 0.25) is 5.91 Å². The first kappa shape index (κ1) is 16.3. The fourth-order valence-corrected chi connectivity index (χ4v) is 3.42. The summed E-state index contributed by atoms with van der Waals surface area (Å²) in [6.45, 7) is 3.79. The van der Waals surface area contributed by atoms with Gasteiger partial charge in [0, 0.05) is 26.1 Å². The van der Waals surface area contributed by atoms with Gasteiger partial charge in [-0.05, 0) is 49.3 Å². The summed E-state index contributed by atoms with van der Waals surface area (Å²) in [5.74, 6) is 0.895. The summed E-state index contributed by atoms with van der Waals surface area (Å²) in [5, 5.41) is 3.35. The maximum atomic E-state index is 12.4. The number of benzene rings is 1. The van der Waals surface area contributed by atoms with Gasteiger partial charge in [0.1, 0.15) is 0 Å². The first-order chi connectivity index (χ1) is 9.83. The molecule has 1 aliphatic carbocycles. The molecule has 1 heterocycles. The number of rotatable bonds is 2. The first-order valence-electron chi connectivity index (χ1n) is 7.88. The zero-order valence-corrected chi connectivity index (χ0v) is 13.3. The second-order valence-electron chi connectivity index (χ2n) is 6.07. The zero-order chi connectivity index (χ0) is 13.8. The third kappa shape index (κ3) is 4.21. The molecule has 2 aliphatic rings. The van der Waals surface area contributed by atoms with Crippen molar-refractivity contribution in [3.63, 3.8) is 0 Å². The first-order valence-corrected chi connectivity index (χ1v) is 7.88. The highest BCUT2D eigenvalue weighted by Crippen LogP contribution is 2.27. The summed E-state index contributed by atoms with van der Waals surface area (Å²) < 4.78 is 0. The van der Waals surface area contributed by atoms with Crippen LogP contribution in [0.25, 0.3) is 0 Å². The Labute approximate surface area is 133 Å². The molecule has 0 saturated carbocycles. The molecule has 1 aromatic rings. The van der Waals surface area contributed by atoms with Crippen LogP contribution in [0.3, 0.4) is 0 Å². The van der Waals surface area contributed by atoms with Gasteiger partial charge in [-0.15, -0.1) is 12.4 Å². The van der Waals surface area contributed by atoms with Crippen LogP contribution in [0.4, 0.5) is 0 Å². The third-order valence-electron chi connectivity index (χ3n) is 4.60. The van der Waals surface area contributed by atoms with Crippen LogP contribution in [0, 0.1) is 5.92 Å². The molecule has 1 aromatic carbocycles. The number of halogens is 1. The fraction of sp³-hybridized carbons (Fsp3) is 0.588. The van der Waals surface area contributed by atoms with Gasteiger partial charge in [0.05, 0.1) is 0 Å². The van der Waals surface area contributed by atoms with E-state index in [1.807, 2.05) is 0 Å². The van der Waals surface area contributed by atoms with Crippen LogP contribution < -0.4 is 5.32 Å². The lowest BCUT2D eigenvalue weighted by Crippen LogP contribution is -2.35. The standard InChI is InChI=1S/C17H24N2O.ClH/c20-17(19-10-3-8-18-9-11-19)13-14-6-7-15-4-1-2-5-16(15)12-14;/h1-2,4-5,14,18H,3,6-13H2;1H. The maximum Gasteiger partial charge on any atom is 0.222 e. The molecule has 1 fully saturated rings.